The molecule has 0 bridgehead atoms. The van der Waals surface area contributed by atoms with Gasteiger partial charge in [0.05, 0.1) is 11.3 Å². The first kappa shape index (κ1) is 9.15. The zero-order chi connectivity index (χ0) is 10.7. The summed E-state index contributed by atoms with van der Waals surface area (Å²) in [5, 5.41) is 15.7. The van der Waals surface area contributed by atoms with Crippen LogP contribution in [0, 0.1) is 17.1 Å². The van der Waals surface area contributed by atoms with Gasteiger partial charge in [0.1, 0.15) is 24.5 Å². The van der Waals surface area contributed by atoms with Crippen molar-refractivity contribution < 1.29 is 4.39 Å². The Morgan fingerprint density at radius 1 is 1.33 bits per heavy atom. The third kappa shape index (κ3) is 1.91. The summed E-state index contributed by atoms with van der Waals surface area (Å²) in [6, 6.07) is 5.99. The van der Waals surface area contributed by atoms with Crippen LogP contribution in [0.15, 0.2) is 30.9 Å². The number of benzene rings is 1. The van der Waals surface area contributed by atoms with Gasteiger partial charge in [0, 0.05) is 6.07 Å². The van der Waals surface area contributed by atoms with E-state index in [0.717, 1.165) is 0 Å². The summed E-state index contributed by atoms with van der Waals surface area (Å²) in [4.78, 5) is 0. The van der Waals surface area contributed by atoms with Crippen LogP contribution in [0.25, 0.3) is 0 Å². The number of nitrogens with one attached hydrogen (secondary N) is 1. The molecule has 2 aromatic rings. The van der Waals surface area contributed by atoms with Crippen molar-refractivity contribution in [2.24, 2.45) is 0 Å². The number of rotatable bonds is 2. The van der Waals surface area contributed by atoms with E-state index in [4.69, 9.17) is 5.26 Å². The largest absolute Gasteiger partial charge is 0.292 e. The van der Waals surface area contributed by atoms with Gasteiger partial charge in [-0.15, -0.1) is 10.2 Å². The molecule has 74 valence electrons. The van der Waals surface area contributed by atoms with Crippen LogP contribution >= 0.6 is 0 Å². The second kappa shape index (κ2) is 3.75. The van der Waals surface area contributed by atoms with Gasteiger partial charge >= 0.3 is 0 Å². The van der Waals surface area contributed by atoms with Crippen LogP contribution in [0.1, 0.15) is 5.56 Å². The molecule has 1 heterocycles. The van der Waals surface area contributed by atoms with E-state index in [-0.39, 0.29) is 5.56 Å². The molecule has 6 heteroatoms. The van der Waals surface area contributed by atoms with Crippen molar-refractivity contribution in [2.75, 3.05) is 5.43 Å². The Bertz CT molecular complexity index is 500. The fraction of sp³-hybridized carbons (Fsp3) is 0. The summed E-state index contributed by atoms with van der Waals surface area (Å²) in [6.07, 6.45) is 2.88. The molecule has 0 radical (unpaired) electrons. The van der Waals surface area contributed by atoms with E-state index < -0.39 is 5.82 Å². The standard InChI is InChI=1S/C9H6FN5/c10-9-3-8(2-1-7(9)4-11)14-15-5-12-13-6-15/h1-3,5-6,14H. The zero-order valence-electron chi connectivity index (χ0n) is 7.55. The molecule has 0 saturated carbocycles. The van der Waals surface area contributed by atoms with E-state index in [0.29, 0.717) is 5.69 Å². The van der Waals surface area contributed by atoms with Crippen LogP contribution in [0.3, 0.4) is 0 Å². The molecule has 1 N–H and O–H groups in total. The van der Waals surface area contributed by atoms with Crippen LogP contribution in [-0.4, -0.2) is 14.9 Å². The smallest absolute Gasteiger partial charge is 0.143 e. The van der Waals surface area contributed by atoms with E-state index in [2.05, 4.69) is 15.6 Å². The van der Waals surface area contributed by atoms with E-state index in [1.807, 2.05) is 0 Å². The van der Waals surface area contributed by atoms with Crippen LogP contribution < -0.4 is 5.43 Å². The van der Waals surface area contributed by atoms with Crippen molar-refractivity contribution in [2.45, 2.75) is 0 Å². The van der Waals surface area contributed by atoms with Gasteiger partial charge in [0.15, 0.2) is 0 Å². The lowest BCUT2D eigenvalue weighted by Crippen LogP contribution is -2.06. The molecule has 15 heavy (non-hydrogen) atoms. The Balaban J connectivity index is 2.24. The lowest BCUT2D eigenvalue weighted by atomic mass is 10.2. The lowest BCUT2D eigenvalue weighted by Gasteiger charge is -2.05. The number of nitrogens with zero attached hydrogens (tertiary/aromatic N) is 4. The van der Waals surface area contributed by atoms with Gasteiger partial charge in [-0.1, -0.05) is 0 Å². The molecule has 0 aliphatic rings. The Morgan fingerprint density at radius 2 is 2.07 bits per heavy atom. The average Bonchev–Trinajstić information content (AvgIpc) is 2.71. The monoisotopic (exact) mass is 203 g/mol. The number of halogens is 1. The summed E-state index contributed by atoms with van der Waals surface area (Å²) >= 11 is 0. The predicted octanol–water partition coefficient (Wildman–Crippen LogP) is 1.16. The molecular weight excluding hydrogens is 197 g/mol. The Morgan fingerprint density at radius 3 is 2.67 bits per heavy atom. The minimum absolute atomic E-state index is 0.0179. The summed E-state index contributed by atoms with van der Waals surface area (Å²) < 4.78 is 14.6. The highest BCUT2D eigenvalue weighted by molar-refractivity contribution is 5.47. The molecule has 0 amide bonds. The van der Waals surface area contributed by atoms with Crippen molar-refractivity contribution in [3.63, 3.8) is 0 Å². The maximum atomic E-state index is 13.2. The van der Waals surface area contributed by atoms with E-state index in [9.17, 15) is 4.39 Å². The number of anilines is 1. The summed E-state index contributed by atoms with van der Waals surface area (Å²) in [5.41, 5.74) is 3.36. The predicted molar refractivity (Wildman–Crippen MR) is 50.2 cm³/mol. The summed E-state index contributed by atoms with van der Waals surface area (Å²) in [6.45, 7) is 0. The normalized spacial score (nSPS) is 9.60. The van der Waals surface area contributed by atoms with Crippen LogP contribution in [-0.2, 0) is 0 Å². The highest BCUT2D eigenvalue weighted by atomic mass is 19.1. The van der Waals surface area contributed by atoms with Crippen LogP contribution in [0.5, 0.6) is 0 Å². The SMILES string of the molecule is N#Cc1ccc(Nn2cnnc2)cc1F. The molecule has 0 spiro atoms. The van der Waals surface area contributed by atoms with Gasteiger partial charge in [-0.25, -0.2) is 9.07 Å². The Hall–Kier alpha value is -2.42. The number of nitriles is 1. The first-order valence-electron chi connectivity index (χ1n) is 4.11. The molecule has 1 aromatic carbocycles. The first-order valence-corrected chi connectivity index (χ1v) is 4.11. The van der Waals surface area contributed by atoms with Gasteiger partial charge in [-0.2, -0.15) is 5.26 Å². The van der Waals surface area contributed by atoms with Crippen molar-refractivity contribution in [3.8, 4) is 6.07 Å². The summed E-state index contributed by atoms with van der Waals surface area (Å²) in [5.74, 6) is -0.560. The van der Waals surface area contributed by atoms with Gasteiger partial charge in [-0.05, 0) is 12.1 Å². The quantitative estimate of drug-likeness (QED) is 0.795. The highest BCUT2D eigenvalue weighted by Crippen LogP contribution is 2.13. The molecule has 0 fully saturated rings. The van der Waals surface area contributed by atoms with E-state index in [1.165, 1.54) is 29.5 Å². The minimum atomic E-state index is -0.560. The maximum Gasteiger partial charge on any atom is 0.143 e. The average molecular weight is 203 g/mol. The van der Waals surface area contributed by atoms with Crippen molar-refractivity contribution >= 4 is 5.69 Å². The number of hydrogen-bond acceptors (Lipinski definition) is 4. The maximum absolute atomic E-state index is 13.2. The molecule has 0 saturated heterocycles. The van der Waals surface area contributed by atoms with Gasteiger partial charge in [0.25, 0.3) is 0 Å². The van der Waals surface area contributed by atoms with Crippen molar-refractivity contribution in [3.05, 3.63) is 42.2 Å². The molecule has 0 atom stereocenters. The third-order valence-electron chi connectivity index (χ3n) is 1.77. The van der Waals surface area contributed by atoms with E-state index in [1.54, 1.807) is 12.1 Å². The zero-order valence-corrected chi connectivity index (χ0v) is 7.55. The Labute approximate surface area is 84.8 Å². The van der Waals surface area contributed by atoms with Crippen LogP contribution in [0.4, 0.5) is 10.1 Å². The molecule has 1 aromatic heterocycles. The highest BCUT2D eigenvalue weighted by Gasteiger charge is 2.02. The molecule has 2 rings (SSSR count). The van der Waals surface area contributed by atoms with Crippen molar-refractivity contribution in [1.29, 1.82) is 5.26 Å². The Kier molecular flexibility index (Phi) is 2.29. The van der Waals surface area contributed by atoms with Crippen molar-refractivity contribution in [1.82, 2.24) is 14.9 Å². The van der Waals surface area contributed by atoms with E-state index >= 15 is 0 Å². The first-order chi connectivity index (χ1) is 7.29. The fourth-order valence-corrected chi connectivity index (χ4v) is 1.08. The topological polar surface area (TPSA) is 66.5 Å². The molecule has 0 unspecified atom stereocenters. The number of hydrogen-bond donors (Lipinski definition) is 1. The fourth-order valence-electron chi connectivity index (χ4n) is 1.08. The van der Waals surface area contributed by atoms with Gasteiger partial charge in [-0.3, -0.25) is 5.43 Å². The lowest BCUT2D eigenvalue weighted by molar-refractivity contribution is 0.624. The second-order valence-corrected chi connectivity index (χ2v) is 2.79. The molecule has 0 aliphatic carbocycles. The van der Waals surface area contributed by atoms with Gasteiger partial charge in [0.2, 0.25) is 0 Å². The summed E-state index contributed by atoms with van der Waals surface area (Å²) in [7, 11) is 0. The second-order valence-electron chi connectivity index (χ2n) is 2.79. The molecule has 5 nitrogen and oxygen atoms in total. The van der Waals surface area contributed by atoms with Crippen LogP contribution in [0.2, 0.25) is 0 Å². The minimum Gasteiger partial charge on any atom is -0.292 e. The molecular formula is C9H6FN5. The number of aromatic nitrogens is 3. The third-order valence-corrected chi connectivity index (χ3v) is 1.77. The molecule has 0 aliphatic heterocycles. The van der Waals surface area contributed by atoms with Gasteiger partial charge < -0.3 is 0 Å².